The van der Waals surface area contributed by atoms with Crippen LogP contribution in [0.15, 0.2) is 53.6 Å². The molecule has 5 nitrogen and oxygen atoms in total. The molecule has 1 aliphatic rings. The molecule has 0 saturated carbocycles. The summed E-state index contributed by atoms with van der Waals surface area (Å²) in [4.78, 5) is 29.6. The van der Waals surface area contributed by atoms with Gasteiger partial charge in [-0.1, -0.05) is 30.3 Å². The lowest BCUT2D eigenvalue weighted by molar-refractivity contribution is 0.0930. The predicted molar refractivity (Wildman–Crippen MR) is 95.8 cm³/mol. The number of hydrogen-bond acceptors (Lipinski definition) is 3. The molecule has 0 fully saturated rings. The lowest BCUT2D eigenvalue weighted by Gasteiger charge is -2.26. The van der Waals surface area contributed by atoms with Crippen LogP contribution < -0.4 is 10.9 Å². The first-order valence-corrected chi connectivity index (χ1v) is 8.50. The minimum atomic E-state index is -0.366. The average Bonchev–Trinajstić information content (AvgIpc) is 2.63. The number of benzene rings is 1. The summed E-state index contributed by atoms with van der Waals surface area (Å²) in [6.45, 7) is 1.90. The number of hydrogen-bond donors (Lipinski definition) is 1. The number of rotatable bonds is 2. The molecule has 2 heterocycles. The van der Waals surface area contributed by atoms with E-state index in [1.807, 2.05) is 31.2 Å². The summed E-state index contributed by atoms with van der Waals surface area (Å²) in [5.74, 6) is -0.366. The van der Waals surface area contributed by atoms with E-state index in [9.17, 15) is 9.59 Å². The second-order valence-corrected chi connectivity index (χ2v) is 6.53. The summed E-state index contributed by atoms with van der Waals surface area (Å²) < 4.78 is 1.43. The summed E-state index contributed by atoms with van der Waals surface area (Å²) in [6, 6.07) is 11.8. The van der Waals surface area contributed by atoms with Crippen molar-refractivity contribution in [3.05, 3.63) is 81.4 Å². The van der Waals surface area contributed by atoms with Crippen molar-refractivity contribution >= 4 is 11.6 Å². The highest BCUT2D eigenvalue weighted by molar-refractivity contribution is 5.94. The smallest absolute Gasteiger partial charge is 0.270 e. The van der Waals surface area contributed by atoms with Crippen LogP contribution in [0.3, 0.4) is 0 Å². The van der Waals surface area contributed by atoms with Gasteiger partial charge in [0.2, 0.25) is 0 Å². The minimum absolute atomic E-state index is 0.0601. The second kappa shape index (κ2) is 6.16. The molecule has 1 aliphatic carbocycles. The fourth-order valence-corrected chi connectivity index (χ4v) is 3.48. The number of nitrogens with zero attached hydrogens (tertiary/aromatic N) is 2. The van der Waals surface area contributed by atoms with Crippen LogP contribution in [0.4, 0.5) is 0 Å². The second-order valence-electron chi connectivity index (χ2n) is 6.53. The topological polar surface area (TPSA) is 63.5 Å². The number of fused-ring (bicyclic) bond motifs is 2. The van der Waals surface area contributed by atoms with E-state index in [1.165, 1.54) is 16.2 Å². The molecule has 0 spiro atoms. The summed E-state index contributed by atoms with van der Waals surface area (Å²) in [7, 11) is 0. The third-order valence-electron chi connectivity index (χ3n) is 4.77. The largest absolute Gasteiger partial charge is 0.345 e. The van der Waals surface area contributed by atoms with E-state index in [-0.39, 0.29) is 23.1 Å². The third-order valence-corrected chi connectivity index (χ3v) is 4.77. The Balaban J connectivity index is 1.68. The van der Waals surface area contributed by atoms with Crippen molar-refractivity contribution in [2.24, 2.45) is 0 Å². The number of nitrogens with one attached hydrogen (secondary N) is 1. The number of amides is 1. The van der Waals surface area contributed by atoms with Crippen LogP contribution in [0.2, 0.25) is 0 Å². The number of aromatic nitrogens is 2. The molecule has 1 aromatic carbocycles. The first-order chi connectivity index (χ1) is 12.1. The number of carbonyl (C=O) groups excluding carboxylic acids is 1. The van der Waals surface area contributed by atoms with Gasteiger partial charge in [-0.25, -0.2) is 4.98 Å². The molecular formula is C20H19N3O2. The zero-order valence-electron chi connectivity index (χ0n) is 14.0. The van der Waals surface area contributed by atoms with Gasteiger partial charge in [-0.2, -0.15) is 0 Å². The van der Waals surface area contributed by atoms with Gasteiger partial charge < -0.3 is 5.32 Å². The van der Waals surface area contributed by atoms with E-state index in [0.717, 1.165) is 30.4 Å². The Morgan fingerprint density at radius 2 is 2.08 bits per heavy atom. The van der Waals surface area contributed by atoms with E-state index in [4.69, 9.17) is 0 Å². The zero-order chi connectivity index (χ0) is 17.4. The lowest BCUT2D eigenvalue weighted by Crippen LogP contribution is -2.35. The molecule has 1 unspecified atom stereocenters. The van der Waals surface area contributed by atoms with Crippen molar-refractivity contribution in [1.29, 1.82) is 0 Å². The highest BCUT2D eigenvalue weighted by Gasteiger charge is 2.23. The molecule has 1 atom stereocenters. The molecule has 3 aromatic rings. The number of pyridine rings is 1. The van der Waals surface area contributed by atoms with E-state index >= 15 is 0 Å². The molecule has 25 heavy (non-hydrogen) atoms. The van der Waals surface area contributed by atoms with Crippen molar-refractivity contribution in [2.45, 2.75) is 32.2 Å². The summed E-state index contributed by atoms with van der Waals surface area (Å²) in [5.41, 5.74) is 3.63. The average molecular weight is 333 g/mol. The Hall–Kier alpha value is -2.95. The van der Waals surface area contributed by atoms with Gasteiger partial charge in [0.25, 0.3) is 11.5 Å². The van der Waals surface area contributed by atoms with Gasteiger partial charge in [-0.15, -0.1) is 0 Å². The first-order valence-electron chi connectivity index (χ1n) is 8.50. The molecular weight excluding hydrogens is 314 g/mol. The third kappa shape index (κ3) is 2.82. The van der Waals surface area contributed by atoms with Gasteiger partial charge in [-0.3, -0.25) is 14.0 Å². The fourth-order valence-electron chi connectivity index (χ4n) is 3.48. The number of aryl methyl sites for hydroxylation is 2. The van der Waals surface area contributed by atoms with Crippen LogP contribution in [0, 0.1) is 6.92 Å². The molecule has 5 heteroatoms. The van der Waals surface area contributed by atoms with Gasteiger partial charge >= 0.3 is 0 Å². The maximum atomic E-state index is 12.7. The maximum Gasteiger partial charge on any atom is 0.270 e. The minimum Gasteiger partial charge on any atom is -0.345 e. The van der Waals surface area contributed by atoms with Crippen molar-refractivity contribution < 1.29 is 4.79 Å². The van der Waals surface area contributed by atoms with Gasteiger partial charge in [0.05, 0.1) is 6.04 Å². The van der Waals surface area contributed by atoms with Crippen molar-refractivity contribution in [1.82, 2.24) is 14.7 Å². The van der Waals surface area contributed by atoms with Crippen LogP contribution in [0.5, 0.6) is 0 Å². The summed E-state index contributed by atoms with van der Waals surface area (Å²) in [5, 5.41) is 3.02. The highest BCUT2D eigenvalue weighted by atomic mass is 16.2. The first kappa shape index (κ1) is 15.6. The molecule has 0 saturated heterocycles. The summed E-state index contributed by atoms with van der Waals surface area (Å²) in [6.07, 6.45) is 6.01. The Morgan fingerprint density at radius 1 is 1.24 bits per heavy atom. The molecule has 0 bridgehead atoms. The van der Waals surface area contributed by atoms with E-state index in [0.29, 0.717) is 5.65 Å². The molecule has 0 radical (unpaired) electrons. The zero-order valence-corrected chi connectivity index (χ0v) is 14.0. The van der Waals surface area contributed by atoms with Crippen LogP contribution in [-0.2, 0) is 6.42 Å². The molecule has 1 N–H and O–H groups in total. The van der Waals surface area contributed by atoms with Crippen LogP contribution >= 0.6 is 0 Å². The quantitative estimate of drug-likeness (QED) is 0.784. The van der Waals surface area contributed by atoms with Crippen LogP contribution in [0.25, 0.3) is 5.65 Å². The predicted octanol–water partition coefficient (Wildman–Crippen LogP) is 2.81. The summed E-state index contributed by atoms with van der Waals surface area (Å²) >= 11 is 0. The van der Waals surface area contributed by atoms with Gasteiger partial charge in [0, 0.05) is 12.4 Å². The Labute approximate surface area is 145 Å². The van der Waals surface area contributed by atoms with Crippen molar-refractivity contribution in [3.63, 3.8) is 0 Å². The molecule has 0 aliphatic heterocycles. The lowest BCUT2D eigenvalue weighted by atomic mass is 9.87. The normalized spacial score (nSPS) is 16.4. The molecule has 126 valence electrons. The standard InChI is InChI=1S/C20H19N3O2/c1-13-9-10-18-21-11-16(20(25)23(18)12-13)19(24)22-17-8-4-6-14-5-2-3-7-15(14)17/h2-3,5,7,9-12,17H,4,6,8H2,1H3,(H,22,24). The van der Waals surface area contributed by atoms with Gasteiger partial charge in [0.1, 0.15) is 11.2 Å². The van der Waals surface area contributed by atoms with Gasteiger partial charge in [-0.05, 0) is 48.9 Å². The molecule has 1 amide bonds. The SMILES string of the molecule is Cc1ccc2ncc(C(=O)NC3CCCc4ccccc43)c(=O)n2c1. The van der Waals surface area contributed by atoms with E-state index < -0.39 is 0 Å². The van der Waals surface area contributed by atoms with E-state index in [1.54, 1.807) is 12.3 Å². The Kier molecular flexibility index (Phi) is 3.84. The van der Waals surface area contributed by atoms with Crippen LogP contribution in [-0.4, -0.2) is 15.3 Å². The maximum absolute atomic E-state index is 12.7. The van der Waals surface area contributed by atoms with Crippen molar-refractivity contribution in [3.8, 4) is 0 Å². The highest BCUT2D eigenvalue weighted by Crippen LogP contribution is 2.29. The molecule has 2 aromatic heterocycles. The number of carbonyl (C=O) groups is 1. The van der Waals surface area contributed by atoms with Gasteiger partial charge in [0.15, 0.2) is 0 Å². The molecule has 4 rings (SSSR count). The Morgan fingerprint density at radius 3 is 2.96 bits per heavy atom. The van der Waals surface area contributed by atoms with E-state index in [2.05, 4.69) is 16.4 Å². The monoisotopic (exact) mass is 333 g/mol. The fraction of sp³-hybridized carbons (Fsp3) is 0.250. The van der Waals surface area contributed by atoms with Crippen molar-refractivity contribution in [2.75, 3.05) is 0 Å². The van der Waals surface area contributed by atoms with Crippen LogP contribution in [0.1, 0.15) is 45.9 Å². The Bertz CT molecular complexity index is 1020.